The zero-order chi connectivity index (χ0) is 22.1. The van der Waals surface area contributed by atoms with Gasteiger partial charge in [-0.2, -0.15) is 11.8 Å². The van der Waals surface area contributed by atoms with Gasteiger partial charge in [0.25, 0.3) is 5.91 Å². The summed E-state index contributed by atoms with van der Waals surface area (Å²) < 4.78 is 5.66. The van der Waals surface area contributed by atoms with E-state index in [2.05, 4.69) is 10.6 Å². The van der Waals surface area contributed by atoms with Crippen molar-refractivity contribution >= 4 is 35.2 Å². The number of ether oxygens (including phenoxy) is 1. The molecule has 2 rings (SSSR count). The van der Waals surface area contributed by atoms with Crippen LogP contribution in [0.3, 0.4) is 0 Å². The van der Waals surface area contributed by atoms with Gasteiger partial charge in [-0.05, 0) is 69.0 Å². The molecule has 7 heteroatoms. The smallest absolute Gasteiger partial charge is 0.253 e. The molecule has 2 aromatic carbocycles. The molecule has 0 aliphatic carbocycles. The minimum absolute atomic E-state index is 0.104. The van der Waals surface area contributed by atoms with Crippen LogP contribution < -0.4 is 15.4 Å². The number of carbonyl (C=O) groups excluding carboxylic acids is 2. The van der Waals surface area contributed by atoms with E-state index in [0.29, 0.717) is 17.0 Å². The van der Waals surface area contributed by atoms with E-state index < -0.39 is 6.04 Å². The van der Waals surface area contributed by atoms with Crippen LogP contribution in [0.25, 0.3) is 0 Å². The molecule has 0 fully saturated rings. The Morgan fingerprint density at radius 1 is 1.03 bits per heavy atom. The summed E-state index contributed by atoms with van der Waals surface area (Å²) in [4.78, 5) is 25.5. The minimum atomic E-state index is -0.646. The van der Waals surface area contributed by atoms with Crippen molar-refractivity contribution in [2.45, 2.75) is 45.4 Å². The average Bonchev–Trinajstić information content (AvgIpc) is 2.71. The Morgan fingerprint density at radius 3 is 2.30 bits per heavy atom. The van der Waals surface area contributed by atoms with Crippen molar-refractivity contribution in [2.75, 3.05) is 12.0 Å². The van der Waals surface area contributed by atoms with Gasteiger partial charge in [0.2, 0.25) is 5.91 Å². The molecule has 2 atom stereocenters. The van der Waals surface area contributed by atoms with Gasteiger partial charge in [0, 0.05) is 0 Å². The van der Waals surface area contributed by atoms with Crippen molar-refractivity contribution in [3.8, 4) is 5.75 Å². The number of rotatable bonds is 10. The molecular weight excluding hydrogens is 420 g/mol. The number of benzene rings is 2. The first-order valence-electron chi connectivity index (χ1n) is 9.93. The molecule has 0 bridgehead atoms. The standard InChI is InChI=1S/C23H29ClN2O3S/c1-15(2)29-18-11-9-17(10-12-18)16(3)25-23(28)21(13-14-30-4)26-22(27)19-7-5-6-8-20(19)24/h5-12,15-16,21H,13-14H2,1-4H3,(H,25,28)(H,26,27). The van der Waals surface area contributed by atoms with Gasteiger partial charge in [-0.25, -0.2) is 0 Å². The van der Waals surface area contributed by atoms with Crippen molar-refractivity contribution in [3.63, 3.8) is 0 Å². The third-order valence-corrected chi connectivity index (χ3v) is 5.44. The minimum Gasteiger partial charge on any atom is -0.491 e. The van der Waals surface area contributed by atoms with E-state index in [1.807, 2.05) is 51.3 Å². The largest absolute Gasteiger partial charge is 0.491 e. The second-order valence-electron chi connectivity index (χ2n) is 7.25. The summed E-state index contributed by atoms with van der Waals surface area (Å²) >= 11 is 7.74. The Morgan fingerprint density at radius 2 is 1.70 bits per heavy atom. The molecule has 0 saturated carbocycles. The summed E-state index contributed by atoms with van der Waals surface area (Å²) in [6.07, 6.45) is 2.60. The lowest BCUT2D eigenvalue weighted by atomic mass is 10.1. The molecule has 30 heavy (non-hydrogen) atoms. The van der Waals surface area contributed by atoms with Crippen molar-refractivity contribution in [3.05, 3.63) is 64.7 Å². The predicted octanol–water partition coefficient (Wildman–Crippen LogP) is 4.86. The van der Waals surface area contributed by atoms with Crippen molar-refractivity contribution in [1.82, 2.24) is 10.6 Å². The van der Waals surface area contributed by atoms with Crippen LogP contribution in [0, 0.1) is 0 Å². The maximum absolute atomic E-state index is 12.9. The van der Waals surface area contributed by atoms with Gasteiger partial charge in [-0.15, -0.1) is 0 Å². The average molecular weight is 449 g/mol. The van der Waals surface area contributed by atoms with Crippen LogP contribution in [-0.2, 0) is 4.79 Å². The molecule has 0 aliphatic rings. The highest BCUT2D eigenvalue weighted by Gasteiger charge is 2.23. The second kappa shape index (κ2) is 11.9. The second-order valence-corrected chi connectivity index (χ2v) is 8.65. The van der Waals surface area contributed by atoms with Crippen LogP contribution in [0.4, 0.5) is 0 Å². The van der Waals surface area contributed by atoms with Gasteiger partial charge in [0.05, 0.1) is 22.7 Å². The molecule has 0 heterocycles. The van der Waals surface area contributed by atoms with Gasteiger partial charge in [0.1, 0.15) is 11.8 Å². The third-order valence-electron chi connectivity index (χ3n) is 4.46. The van der Waals surface area contributed by atoms with Gasteiger partial charge in [0.15, 0.2) is 0 Å². The fourth-order valence-corrected chi connectivity index (χ4v) is 3.58. The molecule has 0 saturated heterocycles. The van der Waals surface area contributed by atoms with Crippen LogP contribution in [0.15, 0.2) is 48.5 Å². The van der Waals surface area contributed by atoms with E-state index in [-0.39, 0.29) is 24.0 Å². The molecular formula is C23H29ClN2O3S. The maximum Gasteiger partial charge on any atom is 0.253 e. The van der Waals surface area contributed by atoms with Crippen molar-refractivity contribution in [1.29, 1.82) is 0 Å². The van der Waals surface area contributed by atoms with Crippen molar-refractivity contribution in [2.24, 2.45) is 0 Å². The zero-order valence-corrected chi connectivity index (χ0v) is 19.3. The summed E-state index contributed by atoms with van der Waals surface area (Å²) in [6, 6.07) is 13.6. The lowest BCUT2D eigenvalue weighted by Gasteiger charge is -2.22. The van der Waals surface area contributed by atoms with E-state index in [9.17, 15) is 9.59 Å². The van der Waals surface area contributed by atoms with Gasteiger partial charge in [-0.1, -0.05) is 35.9 Å². The summed E-state index contributed by atoms with van der Waals surface area (Å²) in [6.45, 7) is 5.86. The van der Waals surface area contributed by atoms with Gasteiger partial charge in [-0.3, -0.25) is 9.59 Å². The third kappa shape index (κ3) is 7.26. The lowest BCUT2D eigenvalue weighted by molar-refractivity contribution is -0.123. The first-order chi connectivity index (χ1) is 14.3. The molecule has 2 aromatic rings. The van der Waals surface area contributed by atoms with Crippen LogP contribution >= 0.6 is 23.4 Å². The molecule has 2 unspecified atom stereocenters. The molecule has 5 nitrogen and oxygen atoms in total. The van der Waals surface area contributed by atoms with E-state index in [1.54, 1.807) is 36.0 Å². The van der Waals surface area contributed by atoms with Crippen LogP contribution in [-0.4, -0.2) is 36.0 Å². The van der Waals surface area contributed by atoms with E-state index in [4.69, 9.17) is 16.3 Å². The first-order valence-corrected chi connectivity index (χ1v) is 11.7. The molecule has 0 aromatic heterocycles. The number of amides is 2. The Hall–Kier alpha value is -2.18. The quantitative estimate of drug-likeness (QED) is 0.544. The molecule has 0 aliphatic heterocycles. The molecule has 2 amide bonds. The topological polar surface area (TPSA) is 67.4 Å². The number of carbonyl (C=O) groups is 2. The normalized spacial score (nSPS) is 12.9. The highest BCUT2D eigenvalue weighted by molar-refractivity contribution is 7.98. The molecule has 162 valence electrons. The molecule has 0 radical (unpaired) electrons. The molecule has 0 spiro atoms. The monoisotopic (exact) mass is 448 g/mol. The van der Waals surface area contributed by atoms with Gasteiger partial charge >= 0.3 is 0 Å². The summed E-state index contributed by atoms with van der Waals surface area (Å²) in [7, 11) is 0. The Bertz CT molecular complexity index is 843. The Balaban J connectivity index is 2.05. The summed E-state index contributed by atoms with van der Waals surface area (Å²) in [5.74, 6) is 0.956. The Kier molecular flexibility index (Phi) is 9.53. The molecule has 2 N–H and O–H groups in total. The number of hydrogen-bond donors (Lipinski definition) is 2. The number of hydrogen-bond acceptors (Lipinski definition) is 4. The predicted molar refractivity (Wildman–Crippen MR) is 124 cm³/mol. The fraction of sp³-hybridized carbons (Fsp3) is 0.391. The van der Waals surface area contributed by atoms with Gasteiger partial charge < -0.3 is 15.4 Å². The van der Waals surface area contributed by atoms with Crippen LogP contribution in [0.5, 0.6) is 5.75 Å². The summed E-state index contributed by atoms with van der Waals surface area (Å²) in [5, 5.41) is 6.19. The van der Waals surface area contributed by atoms with Crippen LogP contribution in [0.2, 0.25) is 5.02 Å². The Labute approximate surface area is 187 Å². The number of halogens is 1. The maximum atomic E-state index is 12.9. The summed E-state index contributed by atoms with van der Waals surface area (Å²) in [5.41, 5.74) is 1.32. The SMILES string of the molecule is CSCCC(NC(=O)c1ccccc1Cl)C(=O)NC(C)c1ccc(OC(C)C)cc1. The highest BCUT2D eigenvalue weighted by atomic mass is 35.5. The van der Waals surface area contributed by atoms with E-state index >= 15 is 0 Å². The highest BCUT2D eigenvalue weighted by Crippen LogP contribution is 2.19. The van der Waals surface area contributed by atoms with E-state index in [0.717, 1.165) is 17.1 Å². The number of thioether (sulfide) groups is 1. The number of nitrogens with one attached hydrogen (secondary N) is 2. The van der Waals surface area contributed by atoms with Crippen molar-refractivity contribution < 1.29 is 14.3 Å². The fourth-order valence-electron chi connectivity index (χ4n) is 2.89. The van der Waals surface area contributed by atoms with Crippen LogP contribution in [0.1, 0.15) is 49.2 Å². The van der Waals surface area contributed by atoms with E-state index in [1.165, 1.54) is 0 Å². The zero-order valence-electron chi connectivity index (χ0n) is 17.8. The lowest BCUT2D eigenvalue weighted by Crippen LogP contribution is -2.47. The first kappa shape index (κ1) is 24.1.